The molecule has 2 rings (SSSR count). The van der Waals surface area contributed by atoms with Crippen LogP contribution in [0.1, 0.15) is 126 Å². The monoisotopic (exact) mass is 534 g/mol. The van der Waals surface area contributed by atoms with Gasteiger partial charge in [-0.25, -0.2) is 4.79 Å². The summed E-state index contributed by atoms with van der Waals surface area (Å²) >= 11 is 3.30. The van der Waals surface area contributed by atoms with Crippen molar-refractivity contribution < 1.29 is 19.1 Å². The molecular weight excluding hydrogens is 496 g/mol. The number of methoxy groups -OCH3 is 1. The van der Waals surface area contributed by atoms with Crippen LogP contribution in [0, 0.1) is 13.8 Å². The summed E-state index contributed by atoms with van der Waals surface area (Å²) in [6.45, 7) is 6.17. The minimum Gasteiger partial charge on any atom is -0.465 e. The second-order valence-electron chi connectivity index (χ2n) is 9.06. The molecule has 1 aliphatic rings. The lowest BCUT2D eigenvalue weighted by Crippen LogP contribution is -2.32. The second-order valence-corrected chi connectivity index (χ2v) is 9.86. The number of nitrogens with one attached hydrogen (secondary N) is 1. The summed E-state index contributed by atoms with van der Waals surface area (Å²) in [4.78, 5) is 43.0. The third kappa shape index (κ3) is 7.24. The molecule has 0 saturated carbocycles. The fourth-order valence-corrected chi connectivity index (χ4v) is 5.01. The molecule has 7 heteroatoms. The zero-order valence-electron chi connectivity index (χ0n) is 21.2. The van der Waals surface area contributed by atoms with Gasteiger partial charge in [0.05, 0.1) is 34.0 Å². The first-order valence-electron chi connectivity index (χ1n) is 12.7. The van der Waals surface area contributed by atoms with Gasteiger partial charge in [0, 0.05) is 12.2 Å². The summed E-state index contributed by atoms with van der Waals surface area (Å²) in [5, 5.41) is 3.15. The number of carbonyl (C=O) groups excluding carboxylic acids is 3. The van der Waals surface area contributed by atoms with E-state index >= 15 is 0 Å². The summed E-state index contributed by atoms with van der Waals surface area (Å²) < 4.78 is 4.98. The number of unbranched alkanes of at least 4 members (excludes halogenated alkanes) is 11. The Labute approximate surface area is 212 Å². The standard InChI is InChI=1S/C27H39BrN2O4/c1-5-6-7-8-9-10-11-12-13-14-15-16-17-29-24-23(28)25(31)22-20(26(24)32)18(2)30-19(3)21(22)27(33)34-4/h29H,5-17H2,1-4H3. The number of pyridine rings is 1. The van der Waals surface area contributed by atoms with E-state index in [0.29, 0.717) is 17.9 Å². The summed E-state index contributed by atoms with van der Waals surface area (Å²) in [7, 11) is 1.25. The highest BCUT2D eigenvalue weighted by Crippen LogP contribution is 2.33. The van der Waals surface area contributed by atoms with Crippen molar-refractivity contribution in [3.63, 3.8) is 0 Å². The van der Waals surface area contributed by atoms with Crippen LogP contribution >= 0.6 is 15.9 Å². The minimum atomic E-state index is -0.671. The van der Waals surface area contributed by atoms with Gasteiger partial charge in [-0.1, -0.05) is 77.6 Å². The highest BCUT2D eigenvalue weighted by atomic mass is 79.9. The van der Waals surface area contributed by atoms with Crippen molar-refractivity contribution >= 4 is 33.5 Å². The van der Waals surface area contributed by atoms with E-state index in [1.54, 1.807) is 13.8 Å². The average Bonchev–Trinajstić information content (AvgIpc) is 2.81. The molecule has 0 unspecified atom stereocenters. The van der Waals surface area contributed by atoms with Crippen molar-refractivity contribution in [2.45, 2.75) is 97.8 Å². The lowest BCUT2D eigenvalue weighted by molar-refractivity contribution is 0.0596. The van der Waals surface area contributed by atoms with Gasteiger partial charge in [0.15, 0.2) is 0 Å². The van der Waals surface area contributed by atoms with Gasteiger partial charge in [0.2, 0.25) is 11.6 Å². The number of Topliss-reactive ketones (excluding diaryl/α,β-unsaturated/α-hetero) is 2. The quantitative estimate of drug-likeness (QED) is 0.197. The van der Waals surface area contributed by atoms with E-state index in [9.17, 15) is 14.4 Å². The molecule has 1 N–H and O–H groups in total. The topological polar surface area (TPSA) is 85.4 Å². The predicted molar refractivity (Wildman–Crippen MR) is 139 cm³/mol. The van der Waals surface area contributed by atoms with Crippen LogP contribution in [0.3, 0.4) is 0 Å². The van der Waals surface area contributed by atoms with Crippen LogP contribution in [-0.2, 0) is 4.74 Å². The number of carbonyl (C=O) groups is 3. The molecule has 0 atom stereocenters. The van der Waals surface area contributed by atoms with Crippen molar-refractivity contribution in [3.8, 4) is 0 Å². The van der Waals surface area contributed by atoms with Gasteiger partial charge >= 0.3 is 5.97 Å². The number of rotatable bonds is 15. The highest BCUT2D eigenvalue weighted by Gasteiger charge is 2.37. The van der Waals surface area contributed by atoms with E-state index in [-0.39, 0.29) is 32.7 Å². The van der Waals surface area contributed by atoms with Crippen LogP contribution in [0.25, 0.3) is 0 Å². The Balaban J connectivity index is 1.84. The molecule has 34 heavy (non-hydrogen) atoms. The maximum Gasteiger partial charge on any atom is 0.340 e. The maximum atomic E-state index is 13.2. The number of esters is 1. The third-order valence-electron chi connectivity index (χ3n) is 6.38. The molecule has 0 saturated heterocycles. The number of allylic oxidation sites excluding steroid dienone is 2. The molecule has 0 aromatic carbocycles. The largest absolute Gasteiger partial charge is 0.465 e. The molecule has 0 amide bonds. The summed E-state index contributed by atoms with van der Waals surface area (Å²) in [5.41, 5.74) is 1.35. The molecule has 1 aromatic heterocycles. The first-order valence-corrected chi connectivity index (χ1v) is 13.5. The number of hydrogen-bond acceptors (Lipinski definition) is 6. The number of aromatic nitrogens is 1. The van der Waals surface area contributed by atoms with E-state index in [0.717, 1.165) is 12.8 Å². The molecule has 0 spiro atoms. The first kappa shape index (κ1) is 28.2. The van der Waals surface area contributed by atoms with Crippen molar-refractivity contribution in [1.29, 1.82) is 0 Å². The lowest BCUT2D eigenvalue weighted by Gasteiger charge is -2.23. The van der Waals surface area contributed by atoms with Crippen LogP contribution < -0.4 is 5.32 Å². The zero-order valence-corrected chi connectivity index (χ0v) is 22.7. The molecule has 0 bridgehead atoms. The Kier molecular flexibility index (Phi) is 11.9. The Morgan fingerprint density at radius 2 is 1.35 bits per heavy atom. The van der Waals surface area contributed by atoms with Crippen molar-refractivity contribution in [1.82, 2.24) is 10.3 Å². The van der Waals surface area contributed by atoms with E-state index in [2.05, 4.69) is 33.2 Å². The number of halogens is 1. The molecule has 1 heterocycles. The van der Waals surface area contributed by atoms with Gasteiger partial charge in [-0.15, -0.1) is 0 Å². The predicted octanol–water partition coefficient (Wildman–Crippen LogP) is 6.76. The molecule has 0 radical (unpaired) electrons. The summed E-state index contributed by atoms with van der Waals surface area (Å²) in [6, 6.07) is 0. The number of ether oxygens (including phenoxy) is 1. The van der Waals surface area contributed by atoms with Crippen LogP contribution in [-0.4, -0.2) is 36.2 Å². The third-order valence-corrected chi connectivity index (χ3v) is 7.14. The first-order chi connectivity index (χ1) is 16.3. The Morgan fingerprint density at radius 1 is 0.824 bits per heavy atom. The second kappa shape index (κ2) is 14.4. The van der Waals surface area contributed by atoms with Gasteiger partial charge in [-0.05, 0) is 36.2 Å². The van der Waals surface area contributed by atoms with Crippen LogP contribution in [0.15, 0.2) is 10.2 Å². The SMILES string of the molecule is CCCCCCCCCCCCCCNC1=C(Br)C(=O)c2c(C(=O)OC)c(C)nc(C)c2C1=O. The molecule has 1 aliphatic carbocycles. The number of hydrogen-bond donors (Lipinski definition) is 1. The fraction of sp³-hybridized carbons (Fsp3) is 0.630. The van der Waals surface area contributed by atoms with E-state index in [1.165, 1.54) is 71.3 Å². The molecular formula is C27H39BrN2O4. The number of nitrogens with zero attached hydrogens (tertiary/aromatic N) is 1. The van der Waals surface area contributed by atoms with Crippen LogP contribution in [0.4, 0.5) is 0 Å². The maximum absolute atomic E-state index is 13.2. The number of aryl methyl sites for hydroxylation is 2. The van der Waals surface area contributed by atoms with Gasteiger partial charge < -0.3 is 10.1 Å². The van der Waals surface area contributed by atoms with Crippen molar-refractivity contribution in [3.05, 3.63) is 38.3 Å². The Morgan fingerprint density at radius 3 is 1.88 bits per heavy atom. The summed E-state index contributed by atoms with van der Waals surface area (Å²) in [5.74, 6) is -1.40. The van der Waals surface area contributed by atoms with E-state index < -0.39 is 11.8 Å². The van der Waals surface area contributed by atoms with Gasteiger partial charge in [-0.3, -0.25) is 14.6 Å². The number of fused-ring (bicyclic) bond motifs is 1. The molecule has 1 aromatic rings. The Hall–Kier alpha value is -2.02. The fourth-order valence-electron chi connectivity index (χ4n) is 4.49. The smallest absolute Gasteiger partial charge is 0.340 e. The summed E-state index contributed by atoms with van der Waals surface area (Å²) in [6.07, 6.45) is 15.1. The molecule has 0 fully saturated rings. The normalized spacial score (nSPS) is 13.3. The van der Waals surface area contributed by atoms with Crippen molar-refractivity contribution in [2.75, 3.05) is 13.7 Å². The molecule has 188 valence electrons. The average molecular weight is 536 g/mol. The highest BCUT2D eigenvalue weighted by molar-refractivity contribution is 9.12. The van der Waals surface area contributed by atoms with E-state index in [4.69, 9.17) is 4.74 Å². The van der Waals surface area contributed by atoms with Gasteiger partial charge in [-0.2, -0.15) is 0 Å². The zero-order chi connectivity index (χ0) is 25.1. The molecule has 6 nitrogen and oxygen atoms in total. The van der Waals surface area contributed by atoms with Gasteiger partial charge in [0.25, 0.3) is 0 Å². The minimum absolute atomic E-state index is 0.0541. The Bertz CT molecular complexity index is 924. The van der Waals surface area contributed by atoms with Crippen LogP contribution in [0.5, 0.6) is 0 Å². The van der Waals surface area contributed by atoms with E-state index in [1.807, 2.05) is 0 Å². The van der Waals surface area contributed by atoms with Crippen LogP contribution in [0.2, 0.25) is 0 Å². The molecule has 0 aliphatic heterocycles. The number of ketones is 2. The lowest BCUT2D eigenvalue weighted by atomic mass is 9.87. The van der Waals surface area contributed by atoms with Gasteiger partial charge in [0.1, 0.15) is 5.70 Å². The van der Waals surface area contributed by atoms with Crippen molar-refractivity contribution in [2.24, 2.45) is 0 Å².